The first-order chi connectivity index (χ1) is 28.5. The third-order valence-electron chi connectivity index (χ3n) is 13.1. The fourth-order valence-corrected chi connectivity index (χ4v) is 10.6. The van der Waals surface area contributed by atoms with Gasteiger partial charge in [-0.05, 0) is 97.2 Å². The summed E-state index contributed by atoms with van der Waals surface area (Å²) in [6, 6.07) is 73.7. The predicted octanol–water partition coefficient (Wildman–Crippen LogP) is 14.9. The zero-order valence-electron chi connectivity index (χ0n) is 32.4. The van der Waals surface area contributed by atoms with Crippen LogP contribution in [0.1, 0.15) is 47.2 Å². The summed E-state index contributed by atoms with van der Waals surface area (Å²) >= 11 is 0. The molecule has 0 unspecified atom stereocenters. The minimum absolute atomic E-state index is 0.230. The molecule has 10 aromatic rings. The molecule has 0 spiro atoms. The van der Waals surface area contributed by atoms with E-state index in [-0.39, 0.29) is 5.41 Å². The molecule has 274 valence electrons. The van der Waals surface area contributed by atoms with Crippen molar-refractivity contribution in [3.63, 3.8) is 0 Å². The third-order valence-corrected chi connectivity index (χ3v) is 13.1. The van der Waals surface area contributed by atoms with Gasteiger partial charge in [-0.15, -0.1) is 0 Å². The highest BCUT2D eigenvalue weighted by Crippen LogP contribution is 2.60. The van der Waals surface area contributed by atoms with E-state index in [1.807, 2.05) is 0 Å². The summed E-state index contributed by atoms with van der Waals surface area (Å²) in [6.45, 7) is 4.71. The van der Waals surface area contributed by atoms with Crippen molar-refractivity contribution >= 4 is 49.8 Å². The predicted molar refractivity (Wildman–Crippen MR) is 241 cm³/mol. The zero-order valence-corrected chi connectivity index (χ0v) is 32.4. The topological polar surface area (TPSA) is 16.4 Å². The quantitative estimate of drug-likeness (QED) is 0.175. The van der Waals surface area contributed by atoms with Gasteiger partial charge in [0.05, 0.1) is 16.5 Å². The Bertz CT molecular complexity index is 3210. The molecule has 9 aromatic carbocycles. The van der Waals surface area contributed by atoms with Gasteiger partial charge in [0, 0.05) is 27.7 Å². The maximum absolute atomic E-state index is 6.99. The molecule has 12 rings (SSSR count). The van der Waals surface area contributed by atoms with Crippen LogP contribution in [0.4, 0.5) is 17.1 Å². The molecule has 0 saturated heterocycles. The molecule has 0 saturated carbocycles. The van der Waals surface area contributed by atoms with Crippen molar-refractivity contribution in [2.45, 2.75) is 24.7 Å². The minimum Gasteiger partial charge on any atom is -0.455 e. The summed E-state index contributed by atoms with van der Waals surface area (Å²) in [5, 5.41) is 4.75. The van der Waals surface area contributed by atoms with E-state index in [9.17, 15) is 0 Å². The van der Waals surface area contributed by atoms with E-state index in [0.29, 0.717) is 0 Å². The molecule has 0 fully saturated rings. The second-order valence-corrected chi connectivity index (χ2v) is 16.4. The van der Waals surface area contributed by atoms with Crippen LogP contribution in [0.25, 0.3) is 55.0 Å². The van der Waals surface area contributed by atoms with Crippen molar-refractivity contribution in [3.8, 4) is 22.3 Å². The Balaban J connectivity index is 1.21. The lowest BCUT2D eigenvalue weighted by Gasteiger charge is -2.35. The molecule has 0 atom stereocenters. The highest BCUT2D eigenvalue weighted by molar-refractivity contribution is 6.19. The summed E-state index contributed by atoms with van der Waals surface area (Å²) in [4.78, 5) is 2.48. The molecule has 2 heteroatoms. The summed E-state index contributed by atoms with van der Waals surface area (Å²) in [5.74, 6) is 0. The van der Waals surface area contributed by atoms with E-state index in [4.69, 9.17) is 4.42 Å². The van der Waals surface area contributed by atoms with Crippen LogP contribution < -0.4 is 4.90 Å². The molecule has 1 aromatic heterocycles. The van der Waals surface area contributed by atoms with Crippen LogP contribution in [-0.2, 0) is 10.8 Å². The van der Waals surface area contributed by atoms with Crippen molar-refractivity contribution in [2.75, 3.05) is 4.90 Å². The molecule has 58 heavy (non-hydrogen) atoms. The van der Waals surface area contributed by atoms with Crippen LogP contribution in [-0.4, -0.2) is 0 Å². The number of anilines is 3. The molecular formula is C56H39NO. The number of hydrogen-bond donors (Lipinski definition) is 0. The lowest BCUT2D eigenvalue weighted by molar-refractivity contribution is 0.653. The lowest BCUT2D eigenvalue weighted by atomic mass is 9.66. The van der Waals surface area contributed by atoms with Crippen molar-refractivity contribution < 1.29 is 4.42 Å². The maximum atomic E-state index is 6.99. The highest BCUT2D eigenvalue weighted by Gasteiger charge is 2.48. The molecule has 0 bridgehead atoms. The number of rotatable bonds is 5. The van der Waals surface area contributed by atoms with E-state index in [1.165, 1.54) is 66.4 Å². The SMILES string of the molecule is CC1(C)c2ccccc2-c2c1cc(N(c1ccccc1)c1ccc3c(c1)C(c1ccccc1)(c1ccccc1)c1c-3ccc3ccccc13)c1c2oc2ccccc21. The molecule has 2 nitrogen and oxygen atoms in total. The molecule has 0 aliphatic heterocycles. The minimum atomic E-state index is -0.578. The van der Waals surface area contributed by atoms with Gasteiger partial charge >= 0.3 is 0 Å². The third kappa shape index (κ3) is 4.38. The van der Waals surface area contributed by atoms with Crippen LogP contribution in [0.2, 0.25) is 0 Å². The molecule has 0 radical (unpaired) electrons. The van der Waals surface area contributed by atoms with E-state index in [0.717, 1.165) is 39.0 Å². The van der Waals surface area contributed by atoms with Gasteiger partial charge in [0.15, 0.2) is 0 Å². The summed E-state index contributed by atoms with van der Waals surface area (Å²) < 4.78 is 6.99. The monoisotopic (exact) mass is 741 g/mol. The van der Waals surface area contributed by atoms with E-state index in [1.54, 1.807) is 0 Å². The number of benzene rings is 9. The Morgan fingerprint density at radius 3 is 1.83 bits per heavy atom. The van der Waals surface area contributed by atoms with Gasteiger partial charge in [0.2, 0.25) is 0 Å². The van der Waals surface area contributed by atoms with E-state index in [2.05, 4.69) is 219 Å². The van der Waals surface area contributed by atoms with Crippen LogP contribution >= 0.6 is 0 Å². The molecule has 2 aliphatic carbocycles. The average molecular weight is 742 g/mol. The van der Waals surface area contributed by atoms with Crippen molar-refractivity contribution in [1.29, 1.82) is 0 Å². The molecule has 0 amide bonds. The Hall–Kier alpha value is -7.16. The Kier molecular flexibility index (Phi) is 6.93. The molecule has 0 N–H and O–H groups in total. The maximum Gasteiger partial charge on any atom is 0.145 e. The van der Waals surface area contributed by atoms with Gasteiger partial charge in [0.1, 0.15) is 11.2 Å². The Morgan fingerprint density at radius 1 is 0.448 bits per heavy atom. The lowest BCUT2D eigenvalue weighted by Crippen LogP contribution is -2.29. The van der Waals surface area contributed by atoms with Gasteiger partial charge in [-0.1, -0.05) is 178 Å². The molecule has 2 aliphatic rings. The Morgan fingerprint density at radius 2 is 1.07 bits per heavy atom. The first kappa shape index (κ1) is 33.0. The van der Waals surface area contributed by atoms with E-state index >= 15 is 0 Å². The first-order valence-corrected chi connectivity index (χ1v) is 20.3. The average Bonchev–Trinajstić information content (AvgIpc) is 3.89. The van der Waals surface area contributed by atoms with Crippen LogP contribution in [0, 0.1) is 0 Å². The normalized spacial score (nSPS) is 14.3. The largest absolute Gasteiger partial charge is 0.455 e. The summed E-state index contributed by atoms with van der Waals surface area (Å²) in [5.41, 5.74) is 17.0. The van der Waals surface area contributed by atoms with Gasteiger partial charge in [-0.2, -0.15) is 0 Å². The van der Waals surface area contributed by atoms with Gasteiger partial charge in [-0.3, -0.25) is 0 Å². The van der Waals surface area contributed by atoms with Crippen LogP contribution in [0.3, 0.4) is 0 Å². The number of hydrogen-bond acceptors (Lipinski definition) is 2. The van der Waals surface area contributed by atoms with Crippen molar-refractivity contribution in [1.82, 2.24) is 0 Å². The van der Waals surface area contributed by atoms with Crippen molar-refractivity contribution in [3.05, 3.63) is 234 Å². The second-order valence-electron chi connectivity index (χ2n) is 16.4. The molecular weight excluding hydrogens is 703 g/mol. The summed E-state index contributed by atoms with van der Waals surface area (Å²) in [7, 11) is 0. The fourth-order valence-electron chi connectivity index (χ4n) is 10.6. The number of furan rings is 1. The van der Waals surface area contributed by atoms with Gasteiger partial charge < -0.3 is 9.32 Å². The van der Waals surface area contributed by atoms with Gasteiger partial charge in [0.25, 0.3) is 0 Å². The van der Waals surface area contributed by atoms with Crippen LogP contribution in [0.5, 0.6) is 0 Å². The second kappa shape index (κ2) is 12.2. The molecule has 1 heterocycles. The first-order valence-electron chi connectivity index (χ1n) is 20.3. The number of nitrogens with zero attached hydrogens (tertiary/aromatic N) is 1. The summed E-state index contributed by atoms with van der Waals surface area (Å²) in [6.07, 6.45) is 0. The van der Waals surface area contributed by atoms with Crippen LogP contribution in [0.15, 0.2) is 205 Å². The van der Waals surface area contributed by atoms with Crippen molar-refractivity contribution in [2.24, 2.45) is 0 Å². The van der Waals surface area contributed by atoms with Gasteiger partial charge in [-0.25, -0.2) is 0 Å². The smallest absolute Gasteiger partial charge is 0.145 e. The zero-order chi connectivity index (χ0) is 38.6. The Labute approximate surface area is 338 Å². The number of fused-ring (bicyclic) bond motifs is 12. The van der Waals surface area contributed by atoms with E-state index < -0.39 is 5.41 Å². The standard InChI is InChI=1S/C56H39NO/c1-55(2)46-28-16-14-26-44(46)51-48(55)35-49(52-45-27-15-17-29-50(45)58-54(51)52)57(39-23-10-5-11-24-39)40-31-33-42-43-32-30-36-18-12-13-25-41(36)53(43)56(47(42)34-40,37-19-6-3-7-20-37)38-21-8-4-9-22-38/h3-35H,1-2H3. The number of para-hydroxylation sites is 2. The highest BCUT2D eigenvalue weighted by atomic mass is 16.3. The fraction of sp³-hybridized carbons (Fsp3) is 0.0714.